The van der Waals surface area contributed by atoms with E-state index >= 15 is 0 Å². The number of rotatable bonds is 5. The predicted octanol–water partition coefficient (Wildman–Crippen LogP) is 4.73. The molecule has 2 aromatic heterocycles. The zero-order valence-electron chi connectivity index (χ0n) is 14.4. The maximum atomic E-state index is 12.1. The van der Waals surface area contributed by atoms with Crippen molar-refractivity contribution in [1.29, 1.82) is 0 Å². The lowest BCUT2D eigenvalue weighted by atomic mass is 10.0. The Labute approximate surface area is 151 Å². The van der Waals surface area contributed by atoms with E-state index in [-0.39, 0.29) is 12.4 Å². The molecule has 0 aliphatic heterocycles. The summed E-state index contributed by atoms with van der Waals surface area (Å²) >= 11 is 0. The summed E-state index contributed by atoms with van der Waals surface area (Å²) in [5.41, 5.74) is 5.59. The molecule has 0 amide bonds. The highest BCUT2D eigenvalue weighted by molar-refractivity contribution is 5.98. The number of aromatic nitrogens is 2. The molecule has 0 radical (unpaired) electrons. The SMILES string of the molecule is COCC(=O)c1cccc(-c2cnc3[nH]c(-c4ccccc4)cc3c2)c1. The van der Waals surface area contributed by atoms with E-state index in [0.29, 0.717) is 5.56 Å². The van der Waals surface area contributed by atoms with E-state index in [1.54, 1.807) is 6.07 Å². The van der Waals surface area contributed by atoms with Crippen molar-refractivity contribution in [2.75, 3.05) is 13.7 Å². The normalized spacial score (nSPS) is 11.0. The smallest absolute Gasteiger partial charge is 0.188 e. The van der Waals surface area contributed by atoms with Gasteiger partial charge < -0.3 is 9.72 Å². The number of benzene rings is 2. The molecule has 128 valence electrons. The van der Waals surface area contributed by atoms with Gasteiger partial charge in [-0.15, -0.1) is 0 Å². The van der Waals surface area contributed by atoms with Crippen LogP contribution in [0.25, 0.3) is 33.4 Å². The number of Topliss-reactive ketones (excluding diaryl/α,β-unsaturated/α-hetero) is 1. The Kier molecular flexibility index (Phi) is 4.33. The number of nitrogens with zero attached hydrogens (tertiary/aromatic N) is 1. The van der Waals surface area contributed by atoms with Crippen molar-refractivity contribution in [3.05, 3.63) is 78.5 Å². The highest BCUT2D eigenvalue weighted by Crippen LogP contribution is 2.27. The van der Waals surface area contributed by atoms with Crippen LogP contribution >= 0.6 is 0 Å². The maximum absolute atomic E-state index is 12.1. The molecule has 0 spiro atoms. The number of hydrogen-bond acceptors (Lipinski definition) is 3. The summed E-state index contributed by atoms with van der Waals surface area (Å²) in [5.74, 6) is -0.0311. The summed E-state index contributed by atoms with van der Waals surface area (Å²) in [6, 6.07) is 21.9. The van der Waals surface area contributed by atoms with Gasteiger partial charge in [0, 0.05) is 35.5 Å². The van der Waals surface area contributed by atoms with Gasteiger partial charge in [-0.05, 0) is 29.3 Å². The van der Waals surface area contributed by atoms with Crippen molar-refractivity contribution in [3.8, 4) is 22.4 Å². The van der Waals surface area contributed by atoms with Crippen molar-refractivity contribution < 1.29 is 9.53 Å². The molecular formula is C22H18N2O2. The Bertz CT molecular complexity index is 1070. The molecule has 0 unspecified atom stereocenters. The number of ether oxygens (including phenoxy) is 1. The minimum Gasteiger partial charge on any atom is -0.377 e. The fraction of sp³-hybridized carbons (Fsp3) is 0.0909. The second kappa shape index (κ2) is 6.94. The molecule has 4 nitrogen and oxygen atoms in total. The number of ketones is 1. The van der Waals surface area contributed by atoms with Gasteiger partial charge in [-0.25, -0.2) is 4.98 Å². The van der Waals surface area contributed by atoms with Gasteiger partial charge in [0.25, 0.3) is 0 Å². The number of nitrogens with one attached hydrogen (secondary N) is 1. The van der Waals surface area contributed by atoms with E-state index in [0.717, 1.165) is 33.4 Å². The van der Waals surface area contributed by atoms with Crippen LogP contribution in [0.2, 0.25) is 0 Å². The molecule has 0 aliphatic rings. The first-order valence-corrected chi connectivity index (χ1v) is 8.41. The number of H-pyrrole nitrogens is 1. The van der Waals surface area contributed by atoms with Crippen LogP contribution in [0.3, 0.4) is 0 Å². The number of methoxy groups -OCH3 is 1. The zero-order chi connectivity index (χ0) is 17.9. The molecule has 0 aliphatic carbocycles. The number of carbonyl (C=O) groups excluding carboxylic acids is 1. The van der Waals surface area contributed by atoms with Gasteiger partial charge in [0.15, 0.2) is 5.78 Å². The number of carbonyl (C=O) groups is 1. The van der Waals surface area contributed by atoms with Crippen LogP contribution in [0.5, 0.6) is 0 Å². The maximum Gasteiger partial charge on any atom is 0.188 e. The van der Waals surface area contributed by atoms with Crippen molar-refractivity contribution >= 4 is 16.8 Å². The number of fused-ring (bicyclic) bond motifs is 1. The molecule has 0 saturated heterocycles. The van der Waals surface area contributed by atoms with Crippen LogP contribution in [0.4, 0.5) is 0 Å². The third-order valence-electron chi connectivity index (χ3n) is 4.35. The van der Waals surface area contributed by atoms with Gasteiger partial charge in [-0.3, -0.25) is 4.79 Å². The number of pyridine rings is 1. The zero-order valence-corrected chi connectivity index (χ0v) is 14.4. The molecule has 4 rings (SSSR count). The molecule has 2 heterocycles. The van der Waals surface area contributed by atoms with Crippen molar-refractivity contribution in [1.82, 2.24) is 9.97 Å². The molecule has 2 aromatic carbocycles. The second-order valence-electron chi connectivity index (χ2n) is 6.15. The Hall–Kier alpha value is -3.24. The van der Waals surface area contributed by atoms with E-state index in [2.05, 4.69) is 34.2 Å². The lowest BCUT2D eigenvalue weighted by Gasteiger charge is -2.05. The van der Waals surface area contributed by atoms with Crippen LogP contribution in [0, 0.1) is 0 Å². The Morgan fingerprint density at radius 3 is 2.58 bits per heavy atom. The quantitative estimate of drug-likeness (QED) is 0.534. The molecular weight excluding hydrogens is 324 g/mol. The average molecular weight is 342 g/mol. The monoisotopic (exact) mass is 342 g/mol. The minimum absolute atomic E-state index is 0.0311. The van der Waals surface area contributed by atoms with E-state index in [9.17, 15) is 4.79 Å². The molecule has 0 atom stereocenters. The topological polar surface area (TPSA) is 55.0 Å². The molecule has 0 bridgehead atoms. The van der Waals surface area contributed by atoms with Gasteiger partial charge in [0.05, 0.1) is 0 Å². The standard InChI is InChI=1S/C22H18N2O2/c1-26-14-21(25)17-9-5-8-16(10-17)19-11-18-12-20(24-22(18)23-13-19)15-6-3-2-4-7-15/h2-13H,14H2,1H3,(H,23,24). The van der Waals surface area contributed by atoms with Crippen LogP contribution in [-0.4, -0.2) is 29.5 Å². The predicted molar refractivity (Wildman–Crippen MR) is 103 cm³/mol. The number of aromatic amines is 1. The molecule has 0 fully saturated rings. The highest BCUT2D eigenvalue weighted by atomic mass is 16.5. The van der Waals surface area contributed by atoms with E-state index in [1.807, 2.05) is 42.6 Å². The first kappa shape index (κ1) is 16.2. The number of hydrogen-bond donors (Lipinski definition) is 1. The van der Waals surface area contributed by atoms with Gasteiger partial charge in [0.1, 0.15) is 12.3 Å². The third-order valence-corrected chi connectivity index (χ3v) is 4.35. The van der Waals surface area contributed by atoms with E-state index in [4.69, 9.17) is 4.74 Å². The molecule has 0 saturated carbocycles. The van der Waals surface area contributed by atoms with Gasteiger partial charge in [-0.2, -0.15) is 0 Å². The van der Waals surface area contributed by atoms with Crippen LogP contribution in [-0.2, 0) is 4.74 Å². The second-order valence-corrected chi connectivity index (χ2v) is 6.15. The van der Waals surface area contributed by atoms with Crippen LogP contribution in [0.15, 0.2) is 72.9 Å². The fourth-order valence-electron chi connectivity index (χ4n) is 3.03. The summed E-state index contributed by atoms with van der Waals surface area (Å²) in [4.78, 5) is 20.0. The molecule has 4 heteroatoms. The van der Waals surface area contributed by atoms with Crippen molar-refractivity contribution in [3.63, 3.8) is 0 Å². The summed E-state index contributed by atoms with van der Waals surface area (Å²) in [6.45, 7) is 0.0823. The third kappa shape index (κ3) is 3.15. The molecule has 26 heavy (non-hydrogen) atoms. The van der Waals surface area contributed by atoms with Crippen LogP contribution < -0.4 is 0 Å². The van der Waals surface area contributed by atoms with E-state index in [1.165, 1.54) is 7.11 Å². The van der Waals surface area contributed by atoms with Gasteiger partial charge >= 0.3 is 0 Å². The average Bonchev–Trinajstić information content (AvgIpc) is 3.12. The summed E-state index contributed by atoms with van der Waals surface area (Å²) in [7, 11) is 1.52. The Morgan fingerprint density at radius 1 is 0.962 bits per heavy atom. The van der Waals surface area contributed by atoms with Crippen molar-refractivity contribution in [2.24, 2.45) is 0 Å². The van der Waals surface area contributed by atoms with Crippen LogP contribution in [0.1, 0.15) is 10.4 Å². The van der Waals surface area contributed by atoms with Gasteiger partial charge in [-0.1, -0.05) is 48.5 Å². The van der Waals surface area contributed by atoms with Gasteiger partial charge in [0.2, 0.25) is 0 Å². The first-order valence-electron chi connectivity index (χ1n) is 8.41. The first-order chi connectivity index (χ1) is 12.7. The Balaban J connectivity index is 1.72. The Morgan fingerprint density at radius 2 is 1.77 bits per heavy atom. The summed E-state index contributed by atoms with van der Waals surface area (Å²) in [6.07, 6.45) is 1.83. The largest absolute Gasteiger partial charge is 0.377 e. The minimum atomic E-state index is -0.0311. The summed E-state index contributed by atoms with van der Waals surface area (Å²) in [5, 5.41) is 1.04. The van der Waals surface area contributed by atoms with E-state index < -0.39 is 0 Å². The summed E-state index contributed by atoms with van der Waals surface area (Å²) < 4.78 is 4.94. The lowest BCUT2D eigenvalue weighted by molar-refractivity contribution is 0.0848. The molecule has 4 aromatic rings. The molecule has 1 N–H and O–H groups in total. The van der Waals surface area contributed by atoms with Crippen molar-refractivity contribution in [2.45, 2.75) is 0 Å². The highest BCUT2D eigenvalue weighted by Gasteiger charge is 2.09. The lowest BCUT2D eigenvalue weighted by Crippen LogP contribution is -2.06. The fourth-order valence-corrected chi connectivity index (χ4v) is 3.03.